The zero-order valence-corrected chi connectivity index (χ0v) is 9.13. The number of hydrogen-bond donors (Lipinski definition) is 0. The first-order valence-corrected chi connectivity index (χ1v) is 5.37. The minimum absolute atomic E-state index is 0.0177. The molecular formula is C10H15ClN2O. The van der Waals surface area contributed by atoms with Gasteiger partial charge in [-0.3, -0.25) is 4.79 Å². The molecule has 0 spiro atoms. The second kappa shape index (κ2) is 5.81. The molecule has 0 saturated carbocycles. The summed E-state index contributed by atoms with van der Waals surface area (Å²) in [5.74, 6) is 0.691. The minimum atomic E-state index is -0.0177. The number of aromatic nitrogens is 2. The molecule has 14 heavy (non-hydrogen) atoms. The van der Waals surface area contributed by atoms with Crippen LogP contribution in [0.25, 0.3) is 0 Å². The molecule has 0 bridgehead atoms. The molecule has 0 atom stereocenters. The Balaban J connectivity index is 2.47. The van der Waals surface area contributed by atoms with Crippen molar-refractivity contribution in [3.8, 4) is 0 Å². The fourth-order valence-corrected chi connectivity index (χ4v) is 1.41. The number of halogens is 1. The Bertz CT molecular complexity index is 335. The van der Waals surface area contributed by atoms with Crippen molar-refractivity contribution in [2.24, 2.45) is 0 Å². The van der Waals surface area contributed by atoms with Gasteiger partial charge < -0.3 is 0 Å². The number of unbranched alkanes of at least 4 members (excludes halogenated alkanes) is 2. The molecule has 0 amide bonds. The quantitative estimate of drug-likeness (QED) is 0.555. The SMILES string of the molecule is Cc1cnn(CCCCCCl)c(=O)c1. The van der Waals surface area contributed by atoms with Gasteiger partial charge in [0.25, 0.3) is 5.56 Å². The number of nitrogens with zero attached hydrogens (tertiary/aromatic N) is 2. The van der Waals surface area contributed by atoms with Crippen LogP contribution in [0.15, 0.2) is 17.1 Å². The molecule has 0 aliphatic carbocycles. The van der Waals surface area contributed by atoms with E-state index in [-0.39, 0.29) is 5.56 Å². The second-order valence-corrected chi connectivity index (χ2v) is 3.72. The Morgan fingerprint density at radius 1 is 1.43 bits per heavy atom. The molecule has 4 heteroatoms. The predicted octanol–water partition coefficient (Wildman–Crippen LogP) is 1.96. The van der Waals surface area contributed by atoms with Gasteiger partial charge in [-0.1, -0.05) is 6.42 Å². The van der Waals surface area contributed by atoms with E-state index in [1.54, 1.807) is 12.3 Å². The molecule has 1 aromatic rings. The highest BCUT2D eigenvalue weighted by Gasteiger charge is 1.96. The van der Waals surface area contributed by atoms with E-state index in [0.717, 1.165) is 24.8 Å². The third-order valence-electron chi connectivity index (χ3n) is 2.01. The summed E-state index contributed by atoms with van der Waals surface area (Å²) in [5, 5.41) is 4.05. The molecule has 3 nitrogen and oxygen atoms in total. The molecule has 0 saturated heterocycles. The third-order valence-corrected chi connectivity index (χ3v) is 2.28. The summed E-state index contributed by atoms with van der Waals surface area (Å²) in [4.78, 5) is 11.4. The average Bonchev–Trinajstić information content (AvgIpc) is 2.15. The maximum atomic E-state index is 11.4. The van der Waals surface area contributed by atoms with Crippen LogP contribution in [0, 0.1) is 6.92 Å². The van der Waals surface area contributed by atoms with Crippen LogP contribution in [0.3, 0.4) is 0 Å². The van der Waals surface area contributed by atoms with E-state index in [1.165, 1.54) is 4.68 Å². The van der Waals surface area contributed by atoms with Gasteiger partial charge in [0.05, 0.1) is 6.20 Å². The molecule has 0 fully saturated rings. The fourth-order valence-electron chi connectivity index (χ4n) is 1.22. The number of rotatable bonds is 5. The van der Waals surface area contributed by atoms with Crippen LogP contribution in [-0.2, 0) is 6.54 Å². The Hall–Kier alpha value is -0.830. The lowest BCUT2D eigenvalue weighted by Gasteiger charge is -2.03. The summed E-state index contributed by atoms with van der Waals surface area (Å²) < 4.78 is 1.50. The predicted molar refractivity (Wildman–Crippen MR) is 57.8 cm³/mol. The monoisotopic (exact) mass is 214 g/mol. The first kappa shape index (κ1) is 11.2. The first-order chi connectivity index (χ1) is 6.74. The molecule has 78 valence electrons. The standard InChI is InChI=1S/C10H15ClN2O/c1-9-7-10(14)13(12-8-9)6-4-2-3-5-11/h7-8H,2-6H2,1H3. The van der Waals surface area contributed by atoms with Crippen LogP contribution < -0.4 is 5.56 Å². The summed E-state index contributed by atoms with van der Waals surface area (Å²) in [6, 6.07) is 1.61. The summed E-state index contributed by atoms with van der Waals surface area (Å²) >= 11 is 5.55. The summed E-state index contributed by atoms with van der Waals surface area (Å²) in [6.45, 7) is 2.56. The molecular weight excluding hydrogens is 200 g/mol. The fraction of sp³-hybridized carbons (Fsp3) is 0.600. The van der Waals surface area contributed by atoms with E-state index < -0.39 is 0 Å². The normalized spacial score (nSPS) is 10.4. The van der Waals surface area contributed by atoms with Crippen molar-refractivity contribution in [3.05, 3.63) is 28.2 Å². The smallest absolute Gasteiger partial charge is 0.266 e. The number of hydrogen-bond acceptors (Lipinski definition) is 2. The molecule has 0 N–H and O–H groups in total. The van der Waals surface area contributed by atoms with Crippen molar-refractivity contribution in [3.63, 3.8) is 0 Å². The largest absolute Gasteiger partial charge is 0.268 e. The van der Waals surface area contributed by atoms with Crippen LogP contribution in [0.2, 0.25) is 0 Å². The maximum Gasteiger partial charge on any atom is 0.266 e. The first-order valence-electron chi connectivity index (χ1n) is 4.84. The second-order valence-electron chi connectivity index (χ2n) is 3.34. The van der Waals surface area contributed by atoms with Crippen molar-refractivity contribution in [1.82, 2.24) is 9.78 Å². The van der Waals surface area contributed by atoms with Gasteiger partial charge in [-0.25, -0.2) is 4.68 Å². The Kier molecular flexibility index (Phi) is 4.66. The van der Waals surface area contributed by atoms with Gasteiger partial charge in [-0.15, -0.1) is 11.6 Å². The van der Waals surface area contributed by atoms with Crippen LogP contribution in [0.4, 0.5) is 0 Å². The van der Waals surface area contributed by atoms with Crippen LogP contribution in [0.5, 0.6) is 0 Å². The van der Waals surface area contributed by atoms with Crippen molar-refractivity contribution < 1.29 is 0 Å². The van der Waals surface area contributed by atoms with Gasteiger partial charge in [0.15, 0.2) is 0 Å². The number of aryl methyl sites for hydroxylation is 2. The van der Waals surface area contributed by atoms with Gasteiger partial charge in [0.1, 0.15) is 0 Å². The van der Waals surface area contributed by atoms with E-state index in [9.17, 15) is 4.79 Å². The van der Waals surface area contributed by atoms with E-state index in [2.05, 4.69) is 5.10 Å². The zero-order chi connectivity index (χ0) is 10.4. The van der Waals surface area contributed by atoms with Gasteiger partial charge in [0.2, 0.25) is 0 Å². The van der Waals surface area contributed by atoms with Crippen LogP contribution in [0.1, 0.15) is 24.8 Å². The van der Waals surface area contributed by atoms with E-state index in [4.69, 9.17) is 11.6 Å². The lowest BCUT2D eigenvalue weighted by atomic mass is 10.2. The highest BCUT2D eigenvalue weighted by molar-refractivity contribution is 6.17. The van der Waals surface area contributed by atoms with Gasteiger partial charge in [-0.05, 0) is 25.3 Å². The van der Waals surface area contributed by atoms with Crippen LogP contribution >= 0.6 is 11.6 Å². The lowest BCUT2D eigenvalue weighted by molar-refractivity contribution is 0.527. The molecule has 0 aliphatic heterocycles. The van der Waals surface area contributed by atoms with Crippen LogP contribution in [-0.4, -0.2) is 15.7 Å². The topological polar surface area (TPSA) is 34.9 Å². The highest BCUT2D eigenvalue weighted by atomic mass is 35.5. The molecule has 0 aromatic carbocycles. The van der Waals surface area contributed by atoms with Gasteiger partial charge in [0, 0.05) is 18.5 Å². The van der Waals surface area contributed by atoms with Crippen molar-refractivity contribution in [2.45, 2.75) is 32.7 Å². The lowest BCUT2D eigenvalue weighted by Crippen LogP contribution is -2.22. The average molecular weight is 215 g/mol. The Morgan fingerprint density at radius 2 is 2.21 bits per heavy atom. The Labute approximate surface area is 88.7 Å². The maximum absolute atomic E-state index is 11.4. The zero-order valence-electron chi connectivity index (χ0n) is 8.37. The highest BCUT2D eigenvalue weighted by Crippen LogP contribution is 1.98. The molecule has 0 aliphatic rings. The van der Waals surface area contributed by atoms with Crippen molar-refractivity contribution >= 4 is 11.6 Å². The van der Waals surface area contributed by atoms with Gasteiger partial charge in [-0.2, -0.15) is 5.10 Å². The third kappa shape index (κ3) is 3.50. The molecule has 1 aromatic heterocycles. The van der Waals surface area contributed by atoms with Crippen molar-refractivity contribution in [1.29, 1.82) is 0 Å². The molecule has 0 radical (unpaired) electrons. The van der Waals surface area contributed by atoms with E-state index in [0.29, 0.717) is 12.4 Å². The molecule has 1 rings (SSSR count). The Morgan fingerprint density at radius 3 is 2.86 bits per heavy atom. The molecule has 0 unspecified atom stereocenters. The summed E-state index contributed by atoms with van der Waals surface area (Å²) in [6.07, 6.45) is 4.72. The van der Waals surface area contributed by atoms with Crippen molar-refractivity contribution in [2.75, 3.05) is 5.88 Å². The molecule has 1 heterocycles. The summed E-state index contributed by atoms with van der Waals surface area (Å²) in [5.41, 5.74) is 0.892. The van der Waals surface area contributed by atoms with Gasteiger partial charge >= 0.3 is 0 Å². The minimum Gasteiger partial charge on any atom is -0.268 e. The summed E-state index contributed by atoms with van der Waals surface area (Å²) in [7, 11) is 0. The van der Waals surface area contributed by atoms with E-state index in [1.807, 2.05) is 6.92 Å². The number of alkyl halides is 1. The van der Waals surface area contributed by atoms with E-state index >= 15 is 0 Å².